The van der Waals surface area contributed by atoms with Gasteiger partial charge < -0.3 is 14.3 Å². The van der Waals surface area contributed by atoms with Crippen LogP contribution in [0.2, 0.25) is 0 Å². The fourth-order valence-electron chi connectivity index (χ4n) is 3.14. The zero-order chi connectivity index (χ0) is 16.4. The summed E-state index contributed by atoms with van der Waals surface area (Å²) in [5.74, 6) is 1.16. The van der Waals surface area contributed by atoms with E-state index in [1.807, 2.05) is 18.2 Å². The van der Waals surface area contributed by atoms with Gasteiger partial charge >= 0.3 is 0 Å². The Labute approximate surface area is 138 Å². The van der Waals surface area contributed by atoms with Crippen molar-refractivity contribution in [1.29, 1.82) is 0 Å². The molecule has 1 amide bonds. The van der Waals surface area contributed by atoms with E-state index in [1.54, 1.807) is 18.4 Å². The maximum Gasteiger partial charge on any atom is 0.293 e. The van der Waals surface area contributed by atoms with Crippen molar-refractivity contribution in [1.82, 2.24) is 15.5 Å². The van der Waals surface area contributed by atoms with Crippen LogP contribution in [-0.2, 0) is 17.8 Å². The number of aromatic nitrogens is 2. The molecule has 6 heteroatoms. The minimum Gasteiger partial charge on any atom is -0.459 e. The van der Waals surface area contributed by atoms with Gasteiger partial charge in [0.2, 0.25) is 5.91 Å². The van der Waals surface area contributed by atoms with Crippen LogP contribution in [0.1, 0.15) is 35.7 Å². The molecule has 2 aromatic heterocycles. The molecule has 4 rings (SSSR count). The Morgan fingerprint density at radius 2 is 2.17 bits per heavy atom. The fraction of sp³-hybridized carbons (Fsp3) is 0.278. The van der Waals surface area contributed by atoms with Crippen LogP contribution < -0.4 is 5.32 Å². The zero-order valence-electron chi connectivity index (χ0n) is 13.1. The van der Waals surface area contributed by atoms with Crippen molar-refractivity contribution < 1.29 is 13.7 Å². The van der Waals surface area contributed by atoms with Crippen molar-refractivity contribution in [2.24, 2.45) is 0 Å². The number of rotatable bonds is 4. The first kappa shape index (κ1) is 14.7. The van der Waals surface area contributed by atoms with E-state index in [2.05, 4.69) is 21.5 Å². The van der Waals surface area contributed by atoms with Crippen molar-refractivity contribution in [3.05, 3.63) is 59.6 Å². The first-order valence-corrected chi connectivity index (χ1v) is 8.03. The summed E-state index contributed by atoms with van der Waals surface area (Å²) in [6.07, 6.45) is 4.48. The quantitative estimate of drug-likeness (QED) is 0.798. The zero-order valence-corrected chi connectivity index (χ0v) is 13.1. The lowest BCUT2D eigenvalue weighted by atomic mass is 9.82. The van der Waals surface area contributed by atoms with E-state index in [4.69, 9.17) is 8.94 Å². The van der Waals surface area contributed by atoms with Gasteiger partial charge in [0.1, 0.15) is 0 Å². The highest BCUT2D eigenvalue weighted by Gasteiger charge is 2.26. The molecule has 0 saturated heterocycles. The third-order valence-corrected chi connectivity index (χ3v) is 4.31. The number of nitrogens with one attached hydrogen (secondary N) is 1. The molecule has 1 aliphatic rings. The minimum atomic E-state index is -0.105. The summed E-state index contributed by atoms with van der Waals surface area (Å²) >= 11 is 0. The summed E-state index contributed by atoms with van der Waals surface area (Å²) in [7, 11) is 0. The lowest BCUT2D eigenvalue weighted by Gasteiger charge is -2.24. The molecule has 0 aliphatic heterocycles. The number of aryl methyl sites for hydroxylation is 1. The maximum absolute atomic E-state index is 12.6. The SMILES string of the molecule is O=C(NCc1noc(-c2ccco2)n1)C1CCCc2ccccc21. The third kappa shape index (κ3) is 2.82. The van der Waals surface area contributed by atoms with Gasteiger partial charge in [-0.1, -0.05) is 29.4 Å². The second-order valence-corrected chi connectivity index (χ2v) is 5.85. The van der Waals surface area contributed by atoms with Gasteiger partial charge in [0.05, 0.1) is 18.7 Å². The Morgan fingerprint density at radius 1 is 1.25 bits per heavy atom. The molecular weight excluding hydrogens is 306 g/mol. The van der Waals surface area contributed by atoms with E-state index >= 15 is 0 Å². The molecule has 2 heterocycles. The van der Waals surface area contributed by atoms with Crippen molar-refractivity contribution in [2.75, 3.05) is 0 Å². The average molecular weight is 323 g/mol. The second kappa shape index (κ2) is 6.31. The topological polar surface area (TPSA) is 81.2 Å². The normalized spacial score (nSPS) is 16.6. The van der Waals surface area contributed by atoms with E-state index in [1.165, 1.54) is 5.56 Å². The predicted octanol–water partition coefficient (Wildman–Crippen LogP) is 3.07. The van der Waals surface area contributed by atoms with Gasteiger partial charge in [-0.3, -0.25) is 4.79 Å². The van der Waals surface area contributed by atoms with Crippen LogP contribution in [0, 0.1) is 0 Å². The molecule has 0 bridgehead atoms. The number of benzene rings is 1. The molecule has 1 aromatic carbocycles. The van der Waals surface area contributed by atoms with Crippen LogP contribution in [-0.4, -0.2) is 16.0 Å². The highest BCUT2D eigenvalue weighted by molar-refractivity contribution is 5.84. The molecule has 0 spiro atoms. The van der Waals surface area contributed by atoms with Crippen molar-refractivity contribution in [3.63, 3.8) is 0 Å². The largest absolute Gasteiger partial charge is 0.459 e. The minimum absolute atomic E-state index is 0.00602. The summed E-state index contributed by atoms with van der Waals surface area (Å²) in [6, 6.07) is 11.6. The van der Waals surface area contributed by atoms with E-state index in [0.29, 0.717) is 17.5 Å². The van der Waals surface area contributed by atoms with Gasteiger partial charge in [-0.25, -0.2) is 0 Å². The van der Waals surface area contributed by atoms with Gasteiger partial charge in [0, 0.05) is 0 Å². The smallest absolute Gasteiger partial charge is 0.293 e. The third-order valence-electron chi connectivity index (χ3n) is 4.31. The monoisotopic (exact) mass is 323 g/mol. The Bertz CT molecular complexity index is 839. The lowest BCUT2D eigenvalue weighted by Crippen LogP contribution is -2.31. The van der Waals surface area contributed by atoms with Crippen LogP contribution in [0.4, 0.5) is 0 Å². The average Bonchev–Trinajstić information content (AvgIpc) is 3.30. The molecule has 0 saturated carbocycles. The van der Waals surface area contributed by atoms with E-state index in [-0.39, 0.29) is 18.4 Å². The van der Waals surface area contributed by atoms with Crippen LogP contribution in [0.15, 0.2) is 51.6 Å². The number of carbonyl (C=O) groups is 1. The number of hydrogen-bond donors (Lipinski definition) is 1. The van der Waals surface area contributed by atoms with Crippen molar-refractivity contribution >= 4 is 5.91 Å². The van der Waals surface area contributed by atoms with Crippen LogP contribution >= 0.6 is 0 Å². The highest BCUT2D eigenvalue weighted by Crippen LogP contribution is 2.31. The molecule has 0 fully saturated rings. The van der Waals surface area contributed by atoms with E-state index < -0.39 is 0 Å². The number of nitrogens with zero attached hydrogens (tertiary/aromatic N) is 2. The summed E-state index contributed by atoms with van der Waals surface area (Å²) in [6.45, 7) is 0.238. The molecule has 3 aromatic rings. The molecule has 1 aliphatic carbocycles. The molecule has 24 heavy (non-hydrogen) atoms. The summed E-state index contributed by atoms with van der Waals surface area (Å²) in [5.41, 5.74) is 2.40. The summed E-state index contributed by atoms with van der Waals surface area (Å²) in [5, 5.41) is 6.79. The molecule has 1 atom stereocenters. The van der Waals surface area contributed by atoms with Crippen LogP contribution in [0.5, 0.6) is 0 Å². The van der Waals surface area contributed by atoms with Gasteiger partial charge in [0.25, 0.3) is 5.89 Å². The fourth-order valence-corrected chi connectivity index (χ4v) is 3.14. The second-order valence-electron chi connectivity index (χ2n) is 5.85. The van der Waals surface area contributed by atoms with Crippen molar-refractivity contribution in [3.8, 4) is 11.7 Å². The predicted molar refractivity (Wildman–Crippen MR) is 86.0 cm³/mol. The van der Waals surface area contributed by atoms with Crippen LogP contribution in [0.3, 0.4) is 0 Å². The highest BCUT2D eigenvalue weighted by atomic mass is 16.5. The van der Waals surface area contributed by atoms with E-state index in [0.717, 1.165) is 24.8 Å². The van der Waals surface area contributed by atoms with Gasteiger partial charge in [0.15, 0.2) is 11.6 Å². The number of fused-ring (bicyclic) bond motifs is 1. The first-order valence-electron chi connectivity index (χ1n) is 8.03. The Kier molecular flexibility index (Phi) is 3.86. The van der Waals surface area contributed by atoms with Gasteiger partial charge in [-0.2, -0.15) is 4.98 Å². The summed E-state index contributed by atoms with van der Waals surface area (Å²) in [4.78, 5) is 16.8. The standard InChI is InChI=1S/C18H17N3O3/c22-17(14-8-3-6-12-5-1-2-7-13(12)14)19-11-16-20-18(24-21-16)15-9-4-10-23-15/h1-2,4-5,7,9-10,14H,3,6,8,11H2,(H,19,22). The number of furan rings is 1. The van der Waals surface area contributed by atoms with Gasteiger partial charge in [-0.15, -0.1) is 0 Å². The van der Waals surface area contributed by atoms with Crippen molar-refractivity contribution in [2.45, 2.75) is 31.7 Å². The maximum atomic E-state index is 12.6. The molecule has 1 unspecified atom stereocenters. The summed E-state index contributed by atoms with van der Waals surface area (Å²) < 4.78 is 10.3. The Morgan fingerprint density at radius 3 is 3.04 bits per heavy atom. The first-order chi connectivity index (χ1) is 11.8. The molecule has 0 radical (unpaired) electrons. The Balaban J connectivity index is 1.43. The molecule has 122 valence electrons. The van der Waals surface area contributed by atoms with Gasteiger partial charge in [-0.05, 0) is 42.5 Å². The molecule has 6 nitrogen and oxygen atoms in total. The number of carbonyl (C=O) groups excluding carboxylic acids is 1. The lowest BCUT2D eigenvalue weighted by molar-refractivity contribution is -0.123. The van der Waals surface area contributed by atoms with Crippen LogP contribution in [0.25, 0.3) is 11.7 Å². The Hall–Kier alpha value is -2.89. The molecular formula is C18H17N3O3. The number of hydrogen-bond acceptors (Lipinski definition) is 5. The number of amides is 1. The molecule has 1 N–H and O–H groups in total. The van der Waals surface area contributed by atoms with E-state index in [9.17, 15) is 4.79 Å².